The molecule has 0 spiro atoms. The summed E-state index contributed by atoms with van der Waals surface area (Å²) in [7, 11) is 1.68. The number of likely N-dealkylation sites (N-methyl/N-ethyl adjacent to an activating group) is 1. The number of alkyl halides is 2. The molecule has 1 heterocycles. The van der Waals surface area contributed by atoms with Gasteiger partial charge in [0.15, 0.2) is 0 Å². The summed E-state index contributed by atoms with van der Waals surface area (Å²) in [5.74, 6) is -2.55. The first kappa shape index (κ1) is 7.66. The molecule has 0 unspecified atom stereocenters. The molecule has 0 bridgehead atoms. The molecule has 0 atom stereocenters. The molecular weight excluding hydrogens is 136 g/mol. The monoisotopic (exact) mass is 147 g/mol. The highest BCUT2D eigenvalue weighted by atomic mass is 19.3. The first-order valence-electron chi connectivity index (χ1n) is 3.23. The second-order valence-corrected chi connectivity index (χ2v) is 2.96. The van der Waals surface area contributed by atoms with E-state index in [0.717, 1.165) is 0 Å². The molecule has 0 aromatic rings. The van der Waals surface area contributed by atoms with Gasteiger partial charge in [0.25, 0.3) is 5.92 Å². The molecule has 1 nitrogen and oxygen atoms in total. The van der Waals surface area contributed by atoms with E-state index in [-0.39, 0.29) is 13.0 Å². The molecule has 58 valence electrons. The number of rotatable bonds is 0. The van der Waals surface area contributed by atoms with Crippen LogP contribution in [0.2, 0.25) is 0 Å². The highest BCUT2D eigenvalue weighted by Gasteiger charge is 2.35. The number of likely N-dealkylation sites (tertiary alicyclic amines) is 1. The van der Waals surface area contributed by atoms with Gasteiger partial charge in [0.2, 0.25) is 0 Å². The SMILES string of the molecule is C=C1CN(C)CC(F)(F)C1. The minimum Gasteiger partial charge on any atom is -0.297 e. The fraction of sp³-hybridized carbons (Fsp3) is 0.714. The first-order chi connectivity index (χ1) is 4.49. The lowest BCUT2D eigenvalue weighted by Gasteiger charge is -2.30. The quantitative estimate of drug-likeness (QED) is 0.469. The molecule has 0 amide bonds. The summed E-state index contributed by atoms with van der Waals surface area (Å²) < 4.78 is 25.2. The Morgan fingerprint density at radius 3 is 2.60 bits per heavy atom. The van der Waals surface area contributed by atoms with Gasteiger partial charge in [-0.2, -0.15) is 0 Å². The average Bonchev–Trinajstić information content (AvgIpc) is 1.54. The molecule has 1 aliphatic rings. The number of hydrogen-bond acceptors (Lipinski definition) is 1. The van der Waals surface area contributed by atoms with E-state index in [1.54, 1.807) is 11.9 Å². The van der Waals surface area contributed by atoms with E-state index in [4.69, 9.17) is 0 Å². The number of hydrogen-bond donors (Lipinski definition) is 0. The molecule has 3 heteroatoms. The second kappa shape index (κ2) is 2.31. The van der Waals surface area contributed by atoms with Crippen molar-refractivity contribution < 1.29 is 8.78 Å². The molecule has 0 aliphatic carbocycles. The molecule has 0 aromatic carbocycles. The number of piperidine rings is 1. The maximum Gasteiger partial charge on any atom is 0.264 e. The summed E-state index contributed by atoms with van der Waals surface area (Å²) in [6, 6.07) is 0. The third kappa shape index (κ3) is 1.77. The van der Waals surface area contributed by atoms with Crippen LogP contribution in [0.15, 0.2) is 12.2 Å². The van der Waals surface area contributed by atoms with Gasteiger partial charge in [0.05, 0.1) is 6.54 Å². The van der Waals surface area contributed by atoms with Gasteiger partial charge in [-0.1, -0.05) is 12.2 Å². The zero-order valence-electron chi connectivity index (χ0n) is 6.03. The van der Waals surface area contributed by atoms with Gasteiger partial charge in [0.1, 0.15) is 0 Å². The Kier molecular flexibility index (Phi) is 1.77. The summed E-state index contributed by atoms with van der Waals surface area (Å²) in [5.41, 5.74) is 0.624. The Labute approximate surface area is 59.3 Å². The van der Waals surface area contributed by atoms with E-state index < -0.39 is 5.92 Å². The second-order valence-electron chi connectivity index (χ2n) is 2.96. The lowest BCUT2D eigenvalue weighted by Crippen LogP contribution is -2.41. The zero-order chi connectivity index (χ0) is 7.78. The number of halogens is 2. The van der Waals surface area contributed by atoms with E-state index in [0.29, 0.717) is 12.1 Å². The van der Waals surface area contributed by atoms with Crippen molar-refractivity contribution in [2.45, 2.75) is 12.3 Å². The highest BCUT2D eigenvalue weighted by molar-refractivity contribution is 5.05. The molecule has 1 aliphatic heterocycles. The lowest BCUT2D eigenvalue weighted by atomic mass is 10.0. The van der Waals surface area contributed by atoms with Gasteiger partial charge in [0, 0.05) is 13.0 Å². The van der Waals surface area contributed by atoms with Crippen LogP contribution in [0.3, 0.4) is 0 Å². The normalized spacial score (nSPS) is 26.9. The molecule has 0 radical (unpaired) electrons. The van der Waals surface area contributed by atoms with Crippen molar-refractivity contribution in [1.29, 1.82) is 0 Å². The molecule has 0 saturated carbocycles. The van der Waals surface area contributed by atoms with Gasteiger partial charge < -0.3 is 0 Å². The summed E-state index contributed by atoms with van der Waals surface area (Å²) in [4.78, 5) is 1.59. The van der Waals surface area contributed by atoms with Crippen molar-refractivity contribution in [1.82, 2.24) is 4.90 Å². The molecule has 0 N–H and O–H groups in total. The minimum absolute atomic E-state index is 0.133. The largest absolute Gasteiger partial charge is 0.297 e. The molecule has 0 aromatic heterocycles. The maximum absolute atomic E-state index is 12.6. The average molecular weight is 147 g/mol. The zero-order valence-corrected chi connectivity index (χ0v) is 6.03. The van der Waals surface area contributed by atoms with Crippen LogP contribution in [0.4, 0.5) is 8.78 Å². The summed E-state index contributed by atoms with van der Waals surface area (Å²) >= 11 is 0. The molecule has 1 saturated heterocycles. The van der Waals surface area contributed by atoms with Gasteiger partial charge in [-0.05, 0) is 7.05 Å². The van der Waals surface area contributed by atoms with Crippen molar-refractivity contribution >= 4 is 0 Å². The van der Waals surface area contributed by atoms with E-state index in [1.807, 2.05) is 0 Å². The van der Waals surface area contributed by atoms with Crippen LogP contribution in [-0.2, 0) is 0 Å². The van der Waals surface area contributed by atoms with Crippen LogP contribution in [0.5, 0.6) is 0 Å². The minimum atomic E-state index is -2.55. The van der Waals surface area contributed by atoms with Crippen LogP contribution >= 0.6 is 0 Å². The lowest BCUT2D eigenvalue weighted by molar-refractivity contribution is -0.0394. The van der Waals surface area contributed by atoms with Gasteiger partial charge in [-0.25, -0.2) is 8.78 Å². The number of nitrogens with zero attached hydrogens (tertiary/aromatic N) is 1. The molecule has 1 fully saturated rings. The predicted molar refractivity (Wildman–Crippen MR) is 36.2 cm³/mol. The summed E-state index contributed by atoms with van der Waals surface area (Å²) in [5, 5.41) is 0. The third-order valence-corrected chi connectivity index (χ3v) is 1.50. The Hall–Kier alpha value is -0.440. The fourth-order valence-corrected chi connectivity index (χ4v) is 1.31. The predicted octanol–water partition coefficient (Wildman–Crippen LogP) is 1.51. The van der Waals surface area contributed by atoms with Crippen LogP contribution in [0.1, 0.15) is 6.42 Å². The van der Waals surface area contributed by atoms with Crippen LogP contribution in [0, 0.1) is 0 Å². The van der Waals surface area contributed by atoms with Crippen LogP contribution < -0.4 is 0 Å². The topological polar surface area (TPSA) is 3.24 Å². The Morgan fingerprint density at radius 2 is 2.20 bits per heavy atom. The Balaban J connectivity index is 2.59. The molecule has 10 heavy (non-hydrogen) atoms. The van der Waals surface area contributed by atoms with Crippen molar-refractivity contribution in [2.24, 2.45) is 0 Å². The van der Waals surface area contributed by atoms with Gasteiger partial charge in [-0.15, -0.1) is 0 Å². The van der Waals surface area contributed by atoms with Crippen molar-refractivity contribution in [3.05, 3.63) is 12.2 Å². The Morgan fingerprint density at radius 1 is 1.60 bits per heavy atom. The molecule has 1 rings (SSSR count). The van der Waals surface area contributed by atoms with Crippen molar-refractivity contribution in [3.8, 4) is 0 Å². The smallest absolute Gasteiger partial charge is 0.264 e. The summed E-state index contributed by atoms with van der Waals surface area (Å²) in [6.07, 6.45) is -0.142. The first-order valence-corrected chi connectivity index (χ1v) is 3.23. The maximum atomic E-state index is 12.6. The summed E-state index contributed by atoms with van der Waals surface area (Å²) in [6.45, 7) is 4.01. The van der Waals surface area contributed by atoms with E-state index in [2.05, 4.69) is 6.58 Å². The fourth-order valence-electron chi connectivity index (χ4n) is 1.31. The van der Waals surface area contributed by atoms with Crippen molar-refractivity contribution in [3.63, 3.8) is 0 Å². The third-order valence-electron chi connectivity index (χ3n) is 1.50. The van der Waals surface area contributed by atoms with Gasteiger partial charge in [-0.3, -0.25) is 4.90 Å². The van der Waals surface area contributed by atoms with E-state index in [9.17, 15) is 8.78 Å². The van der Waals surface area contributed by atoms with E-state index in [1.165, 1.54) is 0 Å². The van der Waals surface area contributed by atoms with Crippen LogP contribution in [-0.4, -0.2) is 31.0 Å². The van der Waals surface area contributed by atoms with Crippen LogP contribution in [0.25, 0.3) is 0 Å². The van der Waals surface area contributed by atoms with Gasteiger partial charge >= 0.3 is 0 Å². The molecular formula is C7H11F2N. The standard InChI is InChI=1S/C7H11F2N/c1-6-3-7(8,9)5-10(2)4-6/h1,3-5H2,2H3. The van der Waals surface area contributed by atoms with E-state index >= 15 is 0 Å². The highest BCUT2D eigenvalue weighted by Crippen LogP contribution is 2.27. The Bertz CT molecular complexity index is 154. The van der Waals surface area contributed by atoms with Crippen molar-refractivity contribution in [2.75, 3.05) is 20.1 Å².